The maximum absolute atomic E-state index is 8.88. The average molecular weight is 205 g/mol. The molecule has 0 spiro atoms. The molecule has 0 aliphatic heterocycles. The zero-order valence-corrected chi connectivity index (χ0v) is 9.96. The second kappa shape index (κ2) is 4.39. The lowest BCUT2D eigenvalue weighted by molar-refractivity contribution is 0.457. The van der Waals surface area contributed by atoms with Crippen LogP contribution in [0.2, 0.25) is 0 Å². The normalized spacial score (nSPS) is 11.1. The molecule has 0 saturated carbocycles. The predicted molar refractivity (Wildman–Crippen MR) is 62.1 cm³/mol. The van der Waals surface area contributed by atoms with Crippen LogP contribution in [0, 0.1) is 30.6 Å². The quantitative estimate of drug-likeness (QED) is 0.820. The van der Waals surface area contributed by atoms with Gasteiger partial charge in [-0.05, 0) is 46.2 Å². The van der Waals surface area contributed by atoms with Gasteiger partial charge in [-0.2, -0.15) is 5.26 Å². The molecule has 0 fully saturated rings. The van der Waals surface area contributed by atoms with Crippen molar-refractivity contribution in [2.45, 2.75) is 34.1 Å². The van der Waals surface area contributed by atoms with Crippen LogP contribution in [0.15, 0.2) is 12.1 Å². The van der Waals surface area contributed by atoms with Crippen molar-refractivity contribution in [2.24, 2.45) is 5.41 Å². The fourth-order valence-corrected chi connectivity index (χ4v) is 1.45. The summed E-state index contributed by atoms with van der Waals surface area (Å²) in [5.74, 6) is 0. The summed E-state index contributed by atoms with van der Waals surface area (Å²) in [6.07, 6.45) is 0.848. The minimum Gasteiger partial charge on any atom is -0.326 e. The highest BCUT2D eigenvalue weighted by atomic mass is 15.4. The van der Waals surface area contributed by atoms with Crippen LogP contribution in [-0.4, -0.2) is 11.2 Å². The van der Waals surface area contributed by atoms with E-state index in [4.69, 9.17) is 5.26 Å². The molecule has 0 aliphatic rings. The van der Waals surface area contributed by atoms with Crippen LogP contribution in [0.5, 0.6) is 0 Å². The molecule has 82 valence electrons. The molecule has 1 rings (SSSR count). The predicted octanol–water partition coefficient (Wildman–Crippen LogP) is 2.59. The first-order chi connectivity index (χ1) is 6.96. The lowest BCUT2D eigenvalue weighted by Gasteiger charge is -2.18. The van der Waals surface area contributed by atoms with Gasteiger partial charge < -0.3 is 5.43 Å². The molecule has 0 radical (unpaired) electrons. The van der Waals surface area contributed by atoms with Gasteiger partial charge in [0.25, 0.3) is 0 Å². The van der Waals surface area contributed by atoms with Gasteiger partial charge >= 0.3 is 0 Å². The summed E-state index contributed by atoms with van der Waals surface area (Å²) in [4.78, 5) is 0. The summed E-state index contributed by atoms with van der Waals surface area (Å²) in [6.45, 7) is 8.87. The first-order valence-electron chi connectivity index (χ1n) is 5.26. The molecule has 3 nitrogen and oxygen atoms in total. The topological polar surface area (TPSA) is 40.8 Å². The molecule has 0 bridgehead atoms. The van der Waals surface area contributed by atoms with Gasteiger partial charge in [0.2, 0.25) is 0 Å². The molecule has 3 heteroatoms. The Kier molecular flexibility index (Phi) is 3.41. The van der Waals surface area contributed by atoms with Crippen LogP contribution < -0.4 is 5.43 Å². The Bertz CT molecular complexity index is 349. The van der Waals surface area contributed by atoms with Crippen molar-refractivity contribution in [3.05, 3.63) is 23.5 Å². The Morgan fingerprint density at radius 1 is 1.33 bits per heavy atom. The van der Waals surface area contributed by atoms with Crippen molar-refractivity contribution < 1.29 is 0 Å². The van der Waals surface area contributed by atoms with Gasteiger partial charge in [-0.1, -0.05) is 0 Å². The summed E-state index contributed by atoms with van der Waals surface area (Å²) in [7, 11) is 0. The Labute approximate surface area is 91.7 Å². The number of hydrogen-bond donors (Lipinski definition) is 1. The number of hydrogen-bond acceptors (Lipinski definition) is 2. The Morgan fingerprint density at radius 2 is 1.87 bits per heavy atom. The van der Waals surface area contributed by atoms with Gasteiger partial charge in [-0.3, -0.25) is 4.68 Å². The van der Waals surface area contributed by atoms with E-state index >= 15 is 0 Å². The van der Waals surface area contributed by atoms with Crippen LogP contribution >= 0.6 is 0 Å². The number of rotatable bonds is 4. The first kappa shape index (κ1) is 11.6. The van der Waals surface area contributed by atoms with Crippen LogP contribution in [-0.2, 0) is 0 Å². The van der Waals surface area contributed by atoms with Crippen LogP contribution in [0.1, 0.15) is 31.7 Å². The van der Waals surface area contributed by atoms with Gasteiger partial charge in [0.05, 0.1) is 11.5 Å². The standard InChI is InChI=1S/C12H19N3/c1-10-5-6-11(2)15(10)14-8-7-12(3,4)9-13/h5-6,14H,7-8H2,1-4H3. The smallest absolute Gasteiger partial charge is 0.0684 e. The van der Waals surface area contributed by atoms with E-state index in [1.807, 2.05) is 13.8 Å². The second-order valence-electron chi connectivity index (χ2n) is 4.61. The van der Waals surface area contributed by atoms with Gasteiger partial charge in [0.1, 0.15) is 0 Å². The zero-order valence-electron chi connectivity index (χ0n) is 9.96. The molecule has 15 heavy (non-hydrogen) atoms. The van der Waals surface area contributed by atoms with Crippen LogP contribution in [0.25, 0.3) is 0 Å². The molecule has 1 aromatic heterocycles. The fourth-order valence-electron chi connectivity index (χ4n) is 1.45. The highest BCUT2D eigenvalue weighted by molar-refractivity contribution is 5.15. The maximum Gasteiger partial charge on any atom is 0.0684 e. The minimum atomic E-state index is -0.248. The third-order valence-corrected chi connectivity index (χ3v) is 2.59. The highest BCUT2D eigenvalue weighted by Gasteiger charge is 2.15. The number of aromatic nitrogens is 1. The van der Waals surface area contributed by atoms with Crippen molar-refractivity contribution in [3.8, 4) is 6.07 Å². The number of aryl methyl sites for hydroxylation is 2. The maximum atomic E-state index is 8.88. The van der Waals surface area contributed by atoms with E-state index in [0.717, 1.165) is 13.0 Å². The Morgan fingerprint density at radius 3 is 2.33 bits per heavy atom. The van der Waals surface area contributed by atoms with Gasteiger partial charge in [-0.25, -0.2) is 0 Å². The van der Waals surface area contributed by atoms with Crippen molar-refractivity contribution in [2.75, 3.05) is 12.0 Å². The molecular weight excluding hydrogens is 186 g/mol. The van der Waals surface area contributed by atoms with Gasteiger partial charge in [0, 0.05) is 17.9 Å². The highest BCUT2D eigenvalue weighted by Crippen LogP contribution is 2.17. The van der Waals surface area contributed by atoms with E-state index in [1.165, 1.54) is 11.4 Å². The van der Waals surface area contributed by atoms with E-state index < -0.39 is 0 Å². The Balaban J connectivity index is 2.49. The first-order valence-corrected chi connectivity index (χ1v) is 5.26. The summed E-state index contributed by atoms with van der Waals surface area (Å²) >= 11 is 0. The fraction of sp³-hybridized carbons (Fsp3) is 0.583. The van der Waals surface area contributed by atoms with E-state index in [0.29, 0.717) is 0 Å². The molecule has 1 heterocycles. The van der Waals surface area contributed by atoms with E-state index in [1.54, 1.807) is 0 Å². The minimum absolute atomic E-state index is 0.248. The van der Waals surface area contributed by atoms with E-state index in [2.05, 4.69) is 42.2 Å². The SMILES string of the molecule is Cc1ccc(C)n1NCCC(C)(C)C#N. The Hall–Kier alpha value is -1.43. The molecule has 1 aromatic rings. The molecule has 0 aromatic carbocycles. The summed E-state index contributed by atoms with van der Waals surface area (Å²) in [5, 5.41) is 8.88. The van der Waals surface area contributed by atoms with E-state index in [-0.39, 0.29) is 5.41 Å². The van der Waals surface area contributed by atoms with Crippen LogP contribution in [0.3, 0.4) is 0 Å². The molecular formula is C12H19N3. The summed E-state index contributed by atoms with van der Waals surface area (Å²) in [5.41, 5.74) is 5.46. The number of nitrogens with zero attached hydrogens (tertiary/aromatic N) is 2. The summed E-state index contributed by atoms with van der Waals surface area (Å²) < 4.78 is 2.06. The monoisotopic (exact) mass is 205 g/mol. The third-order valence-electron chi connectivity index (χ3n) is 2.59. The zero-order chi connectivity index (χ0) is 11.5. The average Bonchev–Trinajstić information content (AvgIpc) is 2.49. The number of nitriles is 1. The van der Waals surface area contributed by atoms with Crippen molar-refractivity contribution in [1.29, 1.82) is 5.26 Å². The molecule has 1 N–H and O–H groups in total. The van der Waals surface area contributed by atoms with Crippen molar-refractivity contribution >= 4 is 0 Å². The third kappa shape index (κ3) is 3.02. The van der Waals surface area contributed by atoms with Crippen molar-refractivity contribution in [1.82, 2.24) is 4.68 Å². The lowest BCUT2D eigenvalue weighted by atomic mass is 9.92. The molecule has 0 atom stereocenters. The van der Waals surface area contributed by atoms with Crippen LogP contribution in [0.4, 0.5) is 0 Å². The van der Waals surface area contributed by atoms with Crippen molar-refractivity contribution in [3.63, 3.8) is 0 Å². The van der Waals surface area contributed by atoms with E-state index in [9.17, 15) is 0 Å². The largest absolute Gasteiger partial charge is 0.326 e. The summed E-state index contributed by atoms with van der Waals surface area (Å²) in [6, 6.07) is 6.46. The number of nitrogens with one attached hydrogen (secondary N) is 1. The van der Waals surface area contributed by atoms with Gasteiger partial charge in [-0.15, -0.1) is 0 Å². The lowest BCUT2D eigenvalue weighted by Crippen LogP contribution is -2.22. The molecule has 0 amide bonds. The molecule has 0 aliphatic carbocycles. The van der Waals surface area contributed by atoms with Gasteiger partial charge in [0.15, 0.2) is 0 Å². The second-order valence-corrected chi connectivity index (χ2v) is 4.61. The molecule has 0 unspecified atom stereocenters. The molecule has 0 saturated heterocycles.